The largest absolute Gasteiger partial charge is 0.504 e. The number of ether oxygens (including phenoxy) is 1. The minimum atomic E-state index is -0.576. The van der Waals surface area contributed by atoms with Gasteiger partial charge in [-0.15, -0.1) is 0 Å². The molecule has 1 aliphatic rings. The molecule has 6 rings (SSSR count). The van der Waals surface area contributed by atoms with E-state index in [9.17, 15) is 14.7 Å². The summed E-state index contributed by atoms with van der Waals surface area (Å²) in [6.45, 7) is 0. The summed E-state index contributed by atoms with van der Waals surface area (Å²) in [5.41, 5.74) is 4.17. The number of nitrogens with zero attached hydrogens (tertiary/aromatic N) is 3. The van der Waals surface area contributed by atoms with Gasteiger partial charge in [0.1, 0.15) is 0 Å². The Kier molecular flexibility index (Phi) is 4.79. The van der Waals surface area contributed by atoms with Crippen molar-refractivity contribution < 1.29 is 9.84 Å². The van der Waals surface area contributed by atoms with E-state index in [-0.39, 0.29) is 11.3 Å². The van der Waals surface area contributed by atoms with Crippen LogP contribution in [0.3, 0.4) is 0 Å². The van der Waals surface area contributed by atoms with Crippen molar-refractivity contribution in [3.63, 3.8) is 0 Å². The zero-order chi connectivity index (χ0) is 25.1. The van der Waals surface area contributed by atoms with E-state index in [1.54, 1.807) is 13.1 Å². The standard InChI is InChI=1S/C28H24N4O4/c1-30-24-21(27(34)31(2)28(30)35)23(16-10-5-4-6-11-16)32-19-14-8-7-13-18(19)29-22(25(24)32)17-12-9-15-20(36-3)26(17)33/h4-15,22,29,33H,1-3H3/t22-/m1/s1. The van der Waals surface area contributed by atoms with E-state index in [1.807, 2.05) is 71.3 Å². The highest BCUT2D eigenvalue weighted by Gasteiger charge is 2.36. The van der Waals surface area contributed by atoms with Gasteiger partial charge in [0.25, 0.3) is 5.56 Å². The van der Waals surface area contributed by atoms with Gasteiger partial charge in [0.05, 0.1) is 46.8 Å². The number of benzene rings is 3. The zero-order valence-corrected chi connectivity index (χ0v) is 20.0. The third-order valence-corrected chi connectivity index (χ3v) is 6.94. The number of phenolic OH excluding ortho intramolecular Hbond substituents is 1. The fourth-order valence-corrected chi connectivity index (χ4v) is 5.26. The lowest BCUT2D eigenvalue weighted by molar-refractivity contribution is 0.370. The Morgan fingerprint density at radius 3 is 2.36 bits per heavy atom. The van der Waals surface area contributed by atoms with Crippen molar-refractivity contribution >= 4 is 16.6 Å². The molecule has 180 valence electrons. The average Bonchev–Trinajstić information content (AvgIpc) is 3.28. The minimum Gasteiger partial charge on any atom is -0.504 e. The molecule has 1 atom stereocenters. The number of aryl methyl sites for hydroxylation is 1. The maximum atomic E-state index is 13.7. The number of nitrogens with one attached hydrogen (secondary N) is 1. The van der Waals surface area contributed by atoms with Gasteiger partial charge in [-0.3, -0.25) is 13.9 Å². The summed E-state index contributed by atoms with van der Waals surface area (Å²) in [4.78, 5) is 26.8. The van der Waals surface area contributed by atoms with Crippen LogP contribution in [0.4, 0.5) is 5.69 Å². The predicted octanol–water partition coefficient (Wildman–Crippen LogP) is 3.92. The van der Waals surface area contributed by atoms with Crippen LogP contribution in [0.1, 0.15) is 17.3 Å². The number of methoxy groups -OCH3 is 1. The van der Waals surface area contributed by atoms with Crippen LogP contribution in [0.2, 0.25) is 0 Å². The summed E-state index contributed by atoms with van der Waals surface area (Å²) >= 11 is 0. The highest BCUT2D eigenvalue weighted by atomic mass is 16.5. The van der Waals surface area contributed by atoms with E-state index >= 15 is 0 Å². The van der Waals surface area contributed by atoms with E-state index in [1.165, 1.54) is 18.7 Å². The van der Waals surface area contributed by atoms with Gasteiger partial charge in [0, 0.05) is 19.7 Å². The number of fused-ring (bicyclic) bond motifs is 5. The van der Waals surface area contributed by atoms with Crippen LogP contribution < -0.4 is 21.3 Å². The van der Waals surface area contributed by atoms with E-state index in [0.717, 1.165) is 21.5 Å². The number of anilines is 1. The molecule has 2 aromatic heterocycles. The summed E-state index contributed by atoms with van der Waals surface area (Å²) in [5, 5.41) is 15.1. The molecular weight excluding hydrogens is 456 g/mol. The zero-order valence-electron chi connectivity index (χ0n) is 20.0. The van der Waals surface area contributed by atoms with Crippen LogP contribution in [-0.4, -0.2) is 25.9 Å². The maximum absolute atomic E-state index is 13.7. The molecule has 3 heterocycles. The highest BCUT2D eigenvalue weighted by molar-refractivity contribution is 5.99. The van der Waals surface area contributed by atoms with Crippen molar-refractivity contribution in [2.45, 2.75) is 6.04 Å². The SMILES string of the molecule is COc1cccc([C@H]2Nc3ccccc3-n3c(-c4ccccc4)c4c(=O)n(C)c(=O)n(C)c4c32)c1O. The summed E-state index contributed by atoms with van der Waals surface area (Å²) in [7, 11) is 4.66. The monoisotopic (exact) mass is 480 g/mol. The van der Waals surface area contributed by atoms with Crippen molar-refractivity contribution in [2.24, 2.45) is 14.1 Å². The molecule has 8 heteroatoms. The first kappa shape index (κ1) is 21.8. The second-order valence-corrected chi connectivity index (χ2v) is 8.86. The number of hydrogen-bond acceptors (Lipinski definition) is 5. The summed E-state index contributed by atoms with van der Waals surface area (Å²) in [6, 6.07) is 22.2. The van der Waals surface area contributed by atoms with Gasteiger partial charge in [0.15, 0.2) is 11.5 Å². The quantitative estimate of drug-likeness (QED) is 0.409. The summed E-state index contributed by atoms with van der Waals surface area (Å²) in [5.74, 6) is 0.330. The fourth-order valence-electron chi connectivity index (χ4n) is 5.26. The van der Waals surface area contributed by atoms with E-state index < -0.39 is 11.7 Å². The molecule has 2 N–H and O–H groups in total. The Morgan fingerprint density at radius 1 is 0.889 bits per heavy atom. The van der Waals surface area contributed by atoms with Gasteiger partial charge < -0.3 is 19.7 Å². The maximum Gasteiger partial charge on any atom is 0.331 e. The molecule has 5 aromatic rings. The Hall–Kier alpha value is -4.72. The van der Waals surface area contributed by atoms with Crippen LogP contribution in [0.15, 0.2) is 82.4 Å². The van der Waals surface area contributed by atoms with Gasteiger partial charge in [-0.25, -0.2) is 4.79 Å². The number of hydrogen-bond donors (Lipinski definition) is 2. The first-order valence-electron chi connectivity index (χ1n) is 11.6. The molecule has 8 nitrogen and oxygen atoms in total. The van der Waals surface area contributed by atoms with Crippen LogP contribution in [0.5, 0.6) is 11.5 Å². The Bertz CT molecular complexity index is 1780. The van der Waals surface area contributed by atoms with E-state index in [0.29, 0.717) is 33.6 Å². The molecule has 0 amide bonds. The lowest BCUT2D eigenvalue weighted by atomic mass is 9.98. The van der Waals surface area contributed by atoms with E-state index in [2.05, 4.69) is 5.32 Å². The van der Waals surface area contributed by atoms with Crippen LogP contribution >= 0.6 is 0 Å². The molecule has 1 aliphatic heterocycles. The second kappa shape index (κ2) is 7.91. The summed E-state index contributed by atoms with van der Waals surface area (Å²) in [6.07, 6.45) is 0. The molecule has 0 unspecified atom stereocenters. The average molecular weight is 481 g/mol. The Labute approximate surface area is 206 Å². The number of phenols is 1. The van der Waals surface area contributed by atoms with Crippen molar-refractivity contribution in [1.82, 2.24) is 13.7 Å². The molecule has 0 spiro atoms. The molecule has 0 bridgehead atoms. The predicted molar refractivity (Wildman–Crippen MR) is 139 cm³/mol. The Morgan fingerprint density at radius 2 is 1.61 bits per heavy atom. The molecule has 36 heavy (non-hydrogen) atoms. The minimum absolute atomic E-state index is 0.00660. The van der Waals surface area contributed by atoms with Crippen LogP contribution in [-0.2, 0) is 14.1 Å². The lowest BCUT2D eigenvalue weighted by Crippen LogP contribution is -2.37. The smallest absolute Gasteiger partial charge is 0.331 e. The molecule has 0 radical (unpaired) electrons. The fraction of sp³-hybridized carbons (Fsp3) is 0.143. The van der Waals surface area contributed by atoms with Gasteiger partial charge >= 0.3 is 5.69 Å². The topological polar surface area (TPSA) is 90.4 Å². The van der Waals surface area contributed by atoms with Crippen molar-refractivity contribution in [3.05, 3.63) is 105 Å². The van der Waals surface area contributed by atoms with Crippen molar-refractivity contribution in [2.75, 3.05) is 12.4 Å². The molecule has 0 saturated carbocycles. The van der Waals surface area contributed by atoms with E-state index in [4.69, 9.17) is 4.74 Å². The molecular formula is C28H24N4O4. The van der Waals surface area contributed by atoms with Gasteiger partial charge in [-0.05, 0) is 23.8 Å². The second-order valence-electron chi connectivity index (χ2n) is 8.86. The molecule has 0 saturated heterocycles. The van der Waals surface area contributed by atoms with Crippen LogP contribution in [0.25, 0.3) is 27.8 Å². The number of para-hydroxylation sites is 3. The molecule has 0 aliphatic carbocycles. The van der Waals surface area contributed by atoms with Crippen LogP contribution in [0, 0.1) is 0 Å². The first-order valence-corrected chi connectivity index (χ1v) is 11.6. The van der Waals surface area contributed by atoms with Gasteiger partial charge in [-0.1, -0.05) is 54.6 Å². The van der Waals surface area contributed by atoms with Gasteiger partial charge in [0.2, 0.25) is 0 Å². The summed E-state index contributed by atoms with van der Waals surface area (Å²) < 4.78 is 10.1. The number of aromatic nitrogens is 3. The first-order chi connectivity index (χ1) is 17.4. The molecule has 3 aromatic carbocycles. The third-order valence-electron chi connectivity index (χ3n) is 6.94. The molecule has 0 fully saturated rings. The number of aromatic hydroxyl groups is 1. The highest BCUT2D eigenvalue weighted by Crippen LogP contribution is 2.47. The lowest BCUT2D eigenvalue weighted by Gasteiger charge is -2.31. The normalized spacial score (nSPS) is 14.2. The number of rotatable bonds is 3. The third kappa shape index (κ3) is 2.87. The van der Waals surface area contributed by atoms with Crippen molar-refractivity contribution in [1.29, 1.82) is 0 Å². The van der Waals surface area contributed by atoms with Gasteiger partial charge in [-0.2, -0.15) is 0 Å². The van der Waals surface area contributed by atoms with Crippen molar-refractivity contribution in [3.8, 4) is 28.4 Å². The Balaban J connectivity index is 1.86.